The summed E-state index contributed by atoms with van der Waals surface area (Å²) in [6.45, 7) is 4.06. The molecule has 8 nitrogen and oxygen atoms in total. The predicted octanol–water partition coefficient (Wildman–Crippen LogP) is 3.30. The van der Waals surface area contributed by atoms with Crippen molar-refractivity contribution in [2.45, 2.75) is 44.8 Å². The summed E-state index contributed by atoms with van der Waals surface area (Å²) < 4.78 is 10.8. The predicted molar refractivity (Wildman–Crippen MR) is 123 cm³/mol. The number of carboxylic acid groups (broad SMARTS) is 1. The van der Waals surface area contributed by atoms with Crippen LogP contribution in [0.3, 0.4) is 0 Å². The van der Waals surface area contributed by atoms with Crippen LogP contribution in [0.2, 0.25) is 0 Å². The van der Waals surface area contributed by atoms with Gasteiger partial charge in [-0.1, -0.05) is 55.5 Å². The lowest BCUT2D eigenvalue weighted by atomic mass is 9.98. The second kappa shape index (κ2) is 11.5. The maximum atomic E-state index is 12.5. The standard InChI is InChI=1S/C25H30N2O6/c1-3-22(24(30)26-14-16(32-4-2)13-23(28)29)27-25(31)33-15-21-19-11-7-5-9-17(19)18-10-6-8-12-20(18)21/h5-12,16,21-22H,3-4,13-15H2,1-2H3,(H,26,30)(H,27,31)(H,28,29)/t16?,22-/m1/s1. The van der Waals surface area contributed by atoms with Crippen LogP contribution in [0.5, 0.6) is 0 Å². The van der Waals surface area contributed by atoms with Crippen molar-refractivity contribution in [3.05, 3.63) is 59.7 Å². The van der Waals surface area contributed by atoms with Gasteiger partial charge in [0.1, 0.15) is 12.6 Å². The normalized spacial score (nSPS) is 14.0. The number of hydrogen-bond donors (Lipinski definition) is 3. The highest BCUT2D eigenvalue weighted by Gasteiger charge is 2.29. The highest BCUT2D eigenvalue weighted by atomic mass is 16.5. The van der Waals surface area contributed by atoms with Crippen molar-refractivity contribution in [2.24, 2.45) is 0 Å². The van der Waals surface area contributed by atoms with Crippen molar-refractivity contribution in [3.63, 3.8) is 0 Å². The third-order valence-corrected chi connectivity index (χ3v) is 5.67. The summed E-state index contributed by atoms with van der Waals surface area (Å²) in [5, 5.41) is 14.2. The molecule has 1 aliphatic rings. The fraction of sp³-hybridized carbons (Fsp3) is 0.400. The molecule has 0 saturated carbocycles. The number of rotatable bonds is 11. The number of fused-ring (bicyclic) bond motifs is 3. The van der Waals surface area contributed by atoms with Crippen LogP contribution < -0.4 is 10.6 Å². The first-order chi connectivity index (χ1) is 15.9. The Labute approximate surface area is 193 Å². The second-order valence-corrected chi connectivity index (χ2v) is 7.85. The Kier molecular flexibility index (Phi) is 8.43. The second-order valence-electron chi connectivity index (χ2n) is 7.85. The lowest BCUT2D eigenvalue weighted by Crippen LogP contribution is -2.48. The molecule has 0 spiro atoms. The van der Waals surface area contributed by atoms with Gasteiger partial charge in [-0.25, -0.2) is 4.79 Å². The Bertz CT molecular complexity index is 947. The molecule has 2 atom stereocenters. The van der Waals surface area contributed by atoms with Gasteiger partial charge in [-0.05, 0) is 35.6 Å². The molecule has 0 bridgehead atoms. The van der Waals surface area contributed by atoms with E-state index in [9.17, 15) is 14.4 Å². The maximum absolute atomic E-state index is 12.5. The fourth-order valence-corrected chi connectivity index (χ4v) is 4.09. The zero-order chi connectivity index (χ0) is 23.8. The first-order valence-corrected chi connectivity index (χ1v) is 11.2. The van der Waals surface area contributed by atoms with E-state index in [0.29, 0.717) is 13.0 Å². The molecule has 0 radical (unpaired) electrons. The van der Waals surface area contributed by atoms with Crippen LogP contribution >= 0.6 is 0 Å². The van der Waals surface area contributed by atoms with Crippen LogP contribution in [0.4, 0.5) is 4.79 Å². The molecule has 33 heavy (non-hydrogen) atoms. The molecule has 2 amide bonds. The van der Waals surface area contributed by atoms with E-state index in [4.69, 9.17) is 14.6 Å². The van der Waals surface area contributed by atoms with Gasteiger partial charge in [-0.15, -0.1) is 0 Å². The molecule has 2 aromatic carbocycles. The summed E-state index contributed by atoms with van der Waals surface area (Å²) in [5.41, 5.74) is 4.49. The number of benzene rings is 2. The summed E-state index contributed by atoms with van der Waals surface area (Å²) in [6, 6.07) is 15.3. The Morgan fingerprint density at radius 1 is 1.00 bits per heavy atom. The van der Waals surface area contributed by atoms with Gasteiger partial charge >= 0.3 is 12.1 Å². The van der Waals surface area contributed by atoms with Crippen molar-refractivity contribution < 1.29 is 29.0 Å². The molecule has 3 rings (SSSR count). The van der Waals surface area contributed by atoms with Gasteiger partial charge < -0.3 is 25.2 Å². The number of aliphatic carboxylic acids is 1. The smallest absolute Gasteiger partial charge is 0.407 e. The maximum Gasteiger partial charge on any atom is 0.407 e. The van der Waals surface area contributed by atoms with Gasteiger partial charge in [-0.2, -0.15) is 0 Å². The van der Waals surface area contributed by atoms with Crippen molar-refractivity contribution in [1.82, 2.24) is 10.6 Å². The molecule has 3 N–H and O–H groups in total. The monoisotopic (exact) mass is 454 g/mol. The van der Waals surface area contributed by atoms with Gasteiger partial charge in [0.05, 0.1) is 12.5 Å². The molecule has 1 aliphatic carbocycles. The van der Waals surface area contributed by atoms with E-state index < -0.39 is 30.1 Å². The van der Waals surface area contributed by atoms with E-state index >= 15 is 0 Å². The minimum atomic E-state index is -1.01. The van der Waals surface area contributed by atoms with E-state index in [1.165, 1.54) is 0 Å². The topological polar surface area (TPSA) is 114 Å². The molecular weight excluding hydrogens is 424 g/mol. The van der Waals surface area contributed by atoms with Gasteiger partial charge in [0.25, 0.3) is 0 Å². The third kappa shape index (κ3) is 6.10. The van der Waals surface area contributed by atoms with Crippen LogP contribution in [0.25, 0.3) is 11.1 Å². The zero-order valence-electron chi connectivity index (χ0n) is 18.9. The summed E-state index contributed by atoms with van der Waals surface area (Å²) in [5.74, 6) is -1.49. The lowest BCUT2D eigenvalue weighted by molar-refractivity contribution is -0.140. The van der Waals surface area contributed by atoms with E-state index in [1.807, 2.05) is 36.4 Å². The summed E-state index contributed by atoms with van der Waals surface area (Å²) >= 11 is 0. The largest absolute Gasteiger partial charge is 0.481 e. The highest BCUT2D eigenvalue weighted by Crippen LogP contribution is 2.44. The Morgan fingerprint density at radius 2 is 1.61 bits per heavy atom. The fourth-order valence-electron chi connectivity index (χ4n) is 4.09. The summed E-state index contributed by atoms with van der Waals surface area (Å²) in [7, 11) is 0. The van der Waals surface area contributed by atoms with Crippen molar-refractivity contribution >= 4 is 18.0 Å². The average Bonchev–Trinajstić information content (AvgIpc) is 3.13. The molecule has 0 aliphatic heterocycles. The van der Waals surface area contributed by atoms with Crippen LogP contribution in [0.15, 0.2) is 48.5 Å². The first kappa shape index (κ1) is 24.3. The number of carboxylic acids is 1. The number of alkyl carbamates (subject to hydrolysis) is 1. The van der Waals surface area contributed by atoms with Crippen LogP contribution in [0, 0.1) is 0 Å². The number of ether oxygens (including phenoxy) is 2. The van der Waals surface area contributed by atoms with Crippen LogP contribution in [-0.2, 0) is 19.1 Å². The molecule has 176 valence electrons. The van der Waals surface area contributed by atoms with E-state index in [1.54, 1.807) is 13.8 Å². The molecule has 0 heterocycles. The first-order valence-electron chi connectivity index (χ1n) is 11.2. The van der Waals surface area contributed by atoms with Gasteiger partial charge in [0, 0.05) is 19.1 Å². The number of carbonyl (C=O) groups excluding carboxylic acids is 2. The van der Waals surface area contributed by atoms with Crippen molar-refractivity contribution in [3.8, 4) is 11.1 Å². The van der Waals surface area contributed by atoms with E-state index in [2.05, 4.69) is 22.8 Å². The number of nitrogens with one attached hydrogen (secondary N) is 2. The summed E-state index contributed by atoms with van der Waals surface area (Å²) in [6.07, 6.45) is -1.17. The van der Waals surface area contributed by atoms with Crippen LogP contribution in [-0.4, -0.2) is 55.0 Å². The summed E-state index contributed by atoms with van der Waals surface area (Å²) in [4.78, 5) is 35.9. The Balaban J connectivity index is 1.55. The van der Waals surface area contributed by atoms with E-state index in [-0.39, 0.29) is 25.5 Å². The molecule has 0 saturated heterocycles. The van der Waals surface area contributed by atoms with Crippen LogP contribution in [0.1, 0.15) is 43.7 Å². The molecule has 2 aromatic rings. The molecular formula is C25H30N2O6. The minimum absolute atomic E-state index is 0.0435. The number of hydrogen-bond acceptors (Lipinski definition) is 5. The third-order valence-electron chi connectivity index (χ3n) is 5.67. The number of carbonyl (C=O) groups is 3. The lowest BCUT2D eigenvalue weighted by Gasteiger charge is -2.20. The van der Waals surface area contributed by atoms with Gasteiger partial charge in [0.2, 0.25) is 5.91 Å². The zero-order valence-corrected chi connectivity index (χ0v) is 18.9. The highest BCUT2D eigenvalue weighted by molar-refractivity contribution is 5.85. The average molecular weight is 455 g/mol. The Hall–Kier alpha value is -3.39. The molecule has 1 unspecified atom stereocenters. The molecule has 8 heteroatoms. The quantitative estimate of drug-likeness (QED) is 0.480. The van der Waals surface area contributed by atoms with Gasteiger partial charge in [0.15, 0.2) is 0 Å². The minimum Gasteiger partial charge on any atom is -0.481 e. The Morgan fingerprint density at radius 3 is 2.15 bits per heavy atom. The molecule has 0 aromatic heterocycles. The number of amides is 2. The molecule has 0 fully saturated rings. The SMILES string of the molecule is CCOC(CNC(=O)[C@@H](CC)NC(=O)OCC1c2ccccc2-c2ccccc21)CC(=O)O. The van der Waals surface area contributed by atoms with E-state index in [0.717, 1.165) is 22.3 Å². The van der Waals surface area contributed by atoms with Crippen molar-refractivity contribution in [1.29, 1.82) is 0 Å². The van der Waals surface area contributed by atoms with Gasteiger partial charge in [-0.3, -0.25) is 9.59 Å². The van der Waals surface area contributed by atoms with Crippen molar-refractivity contribution in [2.75, 3.05) is 19.8 Å².